The van der Waals surface area contributed by atoms with E-state index in [9.17, 15) is 0 Å². The van der Waals surface area contributed by atoms with Gasteiger partial charge in [0.1, 0.15) is 0 Å². The summed E-state index contributed by atoms with van der Waals surface area (Å²) in [5.74, 6) is 0.828. The van der Waals surface area contributed by atoms with Crippen molar-refractivity contribution in [1.29, 1.82) is 0 Å². The van der Waals surface area contributed by atoms with Crippen LogP contribution >= 0.6 is 12.2 Å². The molecule has 0 heterocycles. The van der Waals surface area contributed by atoms with Gasteiger partial charge in [0.25, 0.3) is 0 Å². The van der Waals surface area contributed by atoms with E-state index < -0.39 is 0 Å². The topological polar surface area (TPSA) is 0 Å². The van der Waals surface area contributed by atoms with E-state index in [-0.39, 0.29) is 0 Å². The van der Waals surface area contributed by atoms with Crippen LogP contribution in [0.5, 0.6) is 0 Å². The summed E-state index contributed by atoms with van der Waals surface area (Å²) < 4.78 is 1.29. The van der Waals surface area contributed by atoms with Crippen LogP contribution < -0.4 is 0 Å². The van der Waals surface area contributed by atoms with Crippen LogP contribution in [0.15, 0.2) is 0 Å². The van der Waals surface area contributed by atoms with Gasteiger partial charge in [-0.05, 0) is 0 Å². The van der Waals surface area contributed by atoms with E-state index in [1.165, 1.54) is 9.08 Å². The van der Waals surface area contributed by atoms with Crippen LogP contribution in [0.25, 0.3) is 0 Å². The molecule has 0 aliphatic rings. The zero-order chi connectivity index (χ0) is 7.28. The number of hydrogen-bond donors (Lipinski definition) is 0. The van der Waals surface area contributed by atoms with Gasteiger partial charge in [0.05, 0.1) is 0 Å². The maximum atomic E-state index is 5.10. The molecule has 0 aliphatic carbocycles. The Morgan fingerprint density at radius 2 is 2.11 bits per heavy atom. The molecule has 54 valence electrons. The Labute approximate surface area is 69.6 Å². The second-order valence-electron chi connectivity index (χ2n) is 2.43. The molecule has 0 saturated heterocycles. The van der Waals surface area contributed by atoms with Gasteiger partial charge in [-0.2, -0.15) is 0 Å². The van der Waals surface area contributed by atoms with Gasteiger partial charge in [-0.1, -0.05) is 0 Å². The van der Waals surface area contributed by atoms with Crippen molar-refractivity contribution in [3.63, 3.8) is 0 Å². The first-order chi connectivity index (χ1) is 4.16. The van der Waals surface area contributed by atoms with Crippen molar-refractivity contribution in [2.75, 3.05) is 0 Å². The molecule has 0 aromatic heterocycles. The summed E-state index contributed by atoms with van der Waals surface area (Å²) in [6, 6.07) is 0. The van der Waals surface area contributed by atoms with Crippen LogP contribution in [-0.4, -0.2) is 18.7 Å². The number of thiocarbonyl (C=S) groups is 1. The minimum absolute atomic E-state index is 0.637. The molecule has 9 heavy (non-hydrogen) atoms. The third-order valence-electron chi connectivity index (χ3n) is 0.866. The predicted octanol–water partition coefficient (Wildman–Crippen LogP) is 2.50. The summed E-state index contributed by atoms with van der Waals surface area (Å²) in [4.78, 5) is 0. The summed E-state index contributed by atoms with van der Waals surface area (Å²) in [6.07, 6.45) is 1.10. The minimum atomic E-state index is 0.637. The molecule has 0 rings (SSSR count). The summed E-state index contributed by atoms with van der Waals surface area (Å²) in [7, 11) is 0. The molecule has 0 bridgehead atoms. The molecule has 0 N–H and O–H groups in total. The Hall–Kier alpha value is 0.609. The average Bonchev–Trinajstić information content (AvgIpc) is 1.83. The van der Waals surface area contributed by atoms with Crippen LogP contribution in [0.4, 0.5) is 0 Å². The molecule has 0 saturated carbocycles. The predicted molar refractivity (Wildman–Crippen MR) is 48.3 cm³/mol. The van der Waals surface area contributed by atoms with Gasteiger partial charge in [0.2, 0.25) is 0 Å². The molecule has 0 nitrogen and oxygen atoms in total. The van der Waals surface area contributed by atoms with E-state index in [2.05, 4.69) is 20.8 Å². The Bertz CT molecular complexity index is 88.9. The normalized spacial score (nSPS) is 10.2. The van der Waals surface area contributed by atoms with E-state index in [1.54, 1.807) is 0 Å². The number of hydrogen-bond acceptors (Lipinski definition) is 1. The number of rotatable bonds is 4. The van der Waals surface area contributed by atoms with Crippen molar-refractivity contribution < 1.29 is 0 Å². The standard InChI is InChI=1S/C7H14SSe/c1-4-7(8)9-5-6(2)3/h6H,4-5H2,1-3H3. The fourth-order valence-electron chi connectivity index (χ4n) is 0.362. The monoisotopic (exact) mass is 210 g/mol. The van der Waals surface area contributed by atoms with Gasteiger partial charge < -0.3 is 0 Å². The fraction of sp³-hybridized carbons (Fsp3) is 0.857. The third kappa shape index (κ3) is 6.50. The van der Waals surface area contributed by atoms with Gasteiger partial charge >= 0.3 is 69.4 Å². The quantitative estimate of drug-likeness (QED) is 0.506. The average molecular weight is 209 g/mol. The van der Waals surface area contributed by atoms with Crippen molar-refractivity contribution in [2.45, 2.75) is 32.5 Å². The van der Waals surface area contributed by atoms with Gasteiger partial charge in [0, 0.05) is 0 Å². The van der Waals surface area contributed by atoms with Crippen molar-refractivity contribution in [3.05, 3.63) is 0 Å². The second-order valence-corrected chi connectivity index (χ2v) is 5.85. The Morgan fingerprint density at radius 1 is 1.56 bits per heavy atom. The van der Waals surface area contributed by atoms with E-state index >= 15 is 0 Å². The van der Waals surface area contributed by atoms with Crippen molar-refractivity contribution in [3.8, 4) is 0 Å². The third-order valence-corrected chi connectivity index (χ3v) is 4.80. The Kier molecular flexibility index (Phi) is 5.76. The molecule has 0 aliphatic heterocycles. The van der Waals surface area contributed by atoms with Gasteiger partial charge in [-0.3, -0.25) is 0 Å². The van der Waals surface area contributed by atoms with E-state index in [4.69, 9.17) is 12.2 Å². The molecule has 2 heteroatoms. The zero-order valence-corrected chi connectivity index (χ0v) is 8.84. The SMILES string of the molecule is CCC(=S)[Se]CC(C)C. The van der Waals surface area contributed by atoms with Crippen LogP contribution in [0.2, 0.25) is 5.32 Å². The molecule has 0 unspecified atom stereocenters. The molecule has 0 spiro atoms. The maximum absolute atomic E-state index is 5.10. The Balaban J connectivity index is 3.17. The van der Waals surface area contributed by atoms with Gasteiger partial charge in [0.15, 0.2) is 0 Å². The molecular formula is C7H14SSe. The van der Waals surface area contributed by atoms with Gasteiger partial charge in [-0.25, -0.2) is 0 Å². The van der Waals surface area contributed by atoms with E-state index in [0.717, 1.165) is 12.3 Å². The van der Waals surface area contributed by atoms with Crippen molar-refractivity contribution in [1.82, 2.24) is 0 Å². The van der Waals surface area contributed by atoms with E-state index in [0.29, 0.717) is 15.0 Å². The van der Waals surface area contributed by atoms with Crippen LogP contribution in [0, 0.1) is 5.92 Å². The fourth-order valence-corrected chi connectivity index (χ4v) is 2.23. The molecule has 0 amide bonds. The van der Waals surface area contributed by atoms with Crippen LogP contribution in [-0.2, 0) is 0 Å². The molecule has 0 aromatic rings. The van der Waals surface area contributed by atoms with Crippen LogP contribution in [0.3, 0.4) is 0 Å². The summed E-state index contributed by atoms with van der Waals surface area (Å²) in [6.45, 7) is 6.64. The first-order valence-corrected chi connectivity index (χ1v) is 5.80. The molecule has 0 aromatic carbocycles. The molecule has 0 atom stereocenters. The summed E-state index contributed by atoms with van der Waals surface area (Å²) >= 11 is 5.74. The molecular weight excluding hydrogens is 195 g/mol. The molecule has 0 fully saturated rings. The van der Waals surface area contributed by atoms with Gasteiger partial charge in [-0.15, -0.1) is 0 Å². The summed E-state index contributed by atoms with van der Waals surface area (Å²) in [5.41, 5.74) is 0. The van der Waals surface area contributed by atoms with Crippen LogP contribution in [0.1, 0.15) is 27.2 Å². The summed E-state index contributed by atoms with van der Waals surface area (Å²) in [5, 5.41) is 1.32. The van der Waals surface area contributed by atoms with E-state index in [1.807, 2.05) is 0 Å². The second kappa shape index (κ2) is 5.40. The first kappa shape index (κ1) is 9.61. The molecule has 0 radical (unpaired) electrons. The van der Waals surface area contributed by atoms with Crippen molar-refractivity contribution in [2.24, 2.45) is 5.92 Å². The zero-order valence-electron chi connectivity index (χ0n) is 6.31. The first-order valence-electron chi connectivity index (χ1n) is 3.32. The van der Waals surface area contributed by atoms with Crippen molar-refractivity contribution >= 4 is 30.9 Å². The Morgan fingerprint density at radius 3 is 2.44 bits per heavy atom.